The van der Waals surface area contributed by atoms with E-state index in [9.17, 15) is 9.59 Å². The van der Waals surface area contributed by atoms with Gasteiger partial charge in [-0.25, -0.2) is 15.0 Å². The summed E-state index contributed by atoms with van der Waals surface area (Å²) in [4.78, 5) is 27.3. The van der Waals surface area contributed by atoms with E-state index in [4.69, 9.17) is 4.74 Å². The quantitative estimate of drug-likeness (QED) is 0.525. The van der Waals surface area contributed by atoms with Crippen molar-refractivity contribution in [2.75, 3.05) is 29.5 Å². The summed E-state index contributed by atoms with van der Waals surface area (Å²) in [5.41, 5.74) is 4.49. The molecule has 1 aromatic carbocycles. The summed E-state index contributed by atoms with van der Waals surface area (Å²) < 4.78 is 5.32. The van der Waals surface area contributed by atoms with Gasteiger partial charge in [-0.1, -0.05) is 13.3 Å². The van der Waals surface area contributed by atoms with Crippen LogP contribution >= 0.6 is 0 Å². The number of nitrogens with zero attached hydrogens (tertiary/aromatic N) is 2. The topological polar surface area (TPSA) is 73.9 Å². The van der Waals surface area contributed by atoms with Crippen LogP contribution in [0.2, 0.25) is 0 Å². The second-order valence-corrected chi connectivity index (χ2v) is 7.68. The molecular weight excluding hydrogens is 356 g/mol. The molecule has 7 heteroatoms. The number of aryl methyl sites for hydroxylation is 1. The fourth-order valence-electron chi connectivity index (χ4n) is 2.74. The van der Waals surface area contributed by atoms with Crippen LogP contribution in [0.15, 0.2) is 18.2 Å². The maximum atomic E-state index is 12.7. The van der Waals surface area contributed by atoms with E-state index >= 15 is 0 Å². The fourth-order valence-corrected chi connectivity index (χ4v) is 2.74. The van der Waals surface area contributed by atoms with Crippen molar-refractivity contribution in [2.45, 2.75) is 66.9 Å². The third kappa shape index (κ3) is 7.29. The number of urea groups is 1. The molecule has 0 spiro atoms. The summed E-state index contributed by atoms with van der Waals surface area (Å²) in [5, 5.41) is 4.07. The number of ether oxygens (including phenoxy) is 1. The lowest BCUT2D eigenvalue weighted by molar-refractivity contribution is 0.0524. The van der Waals surface area contributed by atoms with Crippen molar-refractivity contribution in [2.24, 2.45) is 0 Å². The third-order valence-electron chi connectivity index (χ3n) is 4.16. The number of amides is 3. The summed E-state index contributed by atoms with van der Waals surface area (Å²) in [7, 11) is 0. The zero-order valence-corrected chi connectivity index (χ0v) is 18.4. The molecule has 158 valence electrons. The molecule has 0 aromatic heterocycles. The van der Waals surface area contributed by atoms with Crippen molar-refractivity contribution in [1.29, 1.82) is 0 Å². The summed E-state index contributed by atoms with van der Waals surface area (Å²) in [5.74, 6) is 0. The molecule has 0 aliphatic heterocycles. The van der Waals surface area contributed by atoms with Gasteiger partial charge in [-0.15, -0.1) is 0 Å². The van der Waals surface area contributed by atoms with E-state index in [1.165, 1.54) is 5.01 Å². The molecular formula is C21H36N4O3. The number of hydrazine groups is 1. The Balaban J connectivity index is 3.12. The van der Waals surface area contributed by atoms with Crippen LogP contribution in [0.3, 0.4) is 0 Å². The van der Waals surface area contributed by atoms with Gasteiger partial charge >= 0.3 is 12.1 Å². The van der Waals surface area contributed by atoms with E-state index in [1.54, 1.807) is 20.8 Å². The number of anilines is 2. The van der Waals surface area contributed by atoms with Crippen molar-refractivity contribution in [1.82, 2.24) is 10.7 Å². The van der Waals surface area contributed by atoms with E-state index in [1.807, 2.05) is 25.1 Å². The maximum absolute atomic E-state index is 12.7. The minimum atomic E-state index is -0.676. The Bertz CT molecular complexity index is 652. The summed E-state index contributed by atoms with van der Waals surface area (Å²) in [6.45, 7) is 15.9. The monoisotopic (exact) mass is 392 g/mol. The lowest BCUT2D eigenvalue weighted by Crippen LogP contribution is -2.52. The molecule has 0 bridgehead atoms. The van der Waals surface area contributed by atoms with Gasteiger partial charge in [0, 0.05) is 25.3 Å². The molecule has 0 atom stereocenters. The Morgan fingerprint density at radius 3 is 2.25 bits per heavy atom. The average Bonchev–Trinajstić information content (AvgIpc) is 2.60. The van der Waals surface area contributed by atoms with Gasteiger partial charge in [0.25, 0.3) is 0 Å². The molecule has 2 N–H and O–H groups in total. The summed E-state index contributed by atoms with van der Waals surface area (Å²) in [6.07, 6.45) is 1.16. The zero-order valence-electron chi connectivity index (χ0n) is 18.4. The molecule has 0 saturated heterocycles. The molecule has 0 aliphatic carbocycles. The highest BCUT2D eigenvalue weighted by atomic mass is 16.6. The first-order valence-corrected chi connectivity index (χ1v) is 10.1. The molecule has 1 aromatic rings. The number of benzene rings is 1. The minimum absolute atomic E-state index is 0.391. The largest absolute Gasteiger partial charge is 0.443 e. The van der Waals surface area contributed by atoms with Gasteiger partial charge < -0.3 is 15.0 Å². The Hall–Kier alpha value is -2.44. The molecule has 1 rings (SSSR count). The van der Waals surface area contributed by atoms with E-state index in [-0.39, 0.29) is 0 Å². The highest BCUT2D eigenvalue weighted by molar-refractivity contribution is 5.95. The number of rotatable bonds is 7. The Kier molecular flexibility index (Phi) is 9.09. The van der Waals surface area contributed by atoms with Crippen LogP contribution < -0.4 is 20.7 Å². The van der Waals surface area contributed by atoms with Crippen molar-refractivity contribution in [3.05, 3.63) is 23.8 Å². The molecule has 0 unspecified atom stereocenters. The van der Waals surface area contributed by atoms with Crippen LogP contribution in [0.25, 0.3) is 0 Å². The van der Waals surface area contributed by atoms with Crippen molar-refractivity contribution >= 4 is 23.5 Å². The highest BCUT2D eigenvalue weighted by Gasteiger charge is 2.24. The van der Waals surface area contributed by atoms with Crippen LogP contribution in [-0.4, -0.2) is 37.4 Å². The lowest BCUT2D eigenvalue weighted by atomic mass is 10.1. The number of hydrogen-bond acceptors (Lipinski definition) is 4. The highest BCUT2D eigenvalue weighted by Crippen LogP contribution is 2.25. The van der Waals surface area contributed by atoms with Crippen LogP contribution in [-0.2, 0) is 4.74 Å². The molecule has 0 fully saturated rings. The van der Waals surface area contributed by atoms with E-state index < -0.39 is 17.7 Å². The molecule has 0 saturated carbocycles. The smallest absolute Gasteiger partial charge is 0.427 e. The first kappa shape index (κ1) is 23.6. The standard InChI is InChI=1S/C21H36N4O3/c1-8-11-14-22-19(26)25(23-20(27)28-21(5,6)7)18-13-12-17(15-16(18)4)24(9-2)10-3/h12-13,15H,8-11,14H2,1-7H3,(H,22,26)(H,23,27). The second-order valence-electron chi connectivity index (χ2n) is 7.68. The average molecular weight is 393 g/mol. The van der Waals surface area contributed by atoms with Gasteiger partial charge in [0.15, 0.2) is 0 Å². The van der Waals surface area contributed by atoms with Gasteiger partial charge in [-0.05, 0) is 71.7 Å². The molecule has 28 heavy (non-hydrogen) atoms. The predicted octanol–water partition coefficient (Wildman–Crippen LogP) is 4.60. The zero-order chi connectivity index (χ0) is 21.3. The predicted molar refractivity (Wildman–Crippen MR) is 115 cm³/mol. The first-order chi connectivity index (χ1) is 13.1. The van der Waals surface area contributed by atoms with E-state index in [0.29, 0.717) is 12.2 Å². The van der Waals surface area contributed by atoms with Crippen LogP contribution in [0.4, 0.5) is 21.0 Å². The third-order valence-corrected chi connectivity index (χ3v) is 4.16. The number of hydrogen-bond donors (Lipinski definition) is 2. The van der Waals surface area contributed by atoms with Crippen molar-refractivity contribution in [3.63, 3.8) is 0 Å². The van der Waals surface area contributed by atoms with Crippen molar-refractivity contribution in [3.8, 4) is 0 Å². The lowest BCUT2D eigenvalue weighted by Gasteiger charge is -2.28. The minimum Gasteiger partial charge on any atom is -0.443 e. The van der Waals surface area contributed by atoms with Gasteiger partial charge in [-0.3, -0.25) is 0 Å². The fraction of sp³-hybridized carbons (Fsp3) is 0.619. The van der Waals surface area contributed by atoms with Crippen LogP contribution in [0.1, 0.15) is 59.9 Å². The van der Waals surface area contributed by atoms with Crippen molar-refractivity contribution < 1.29 is 14.3 Å². The molecule has 0 heterocycles. The second kappa shape index (κ2) is 10.8. The van der Waals surface area contributed by atoms with Gasteiger partial charge in [0.1, 0.15) is 5.60 Å². The van der Waals surface area contributed by atoms with Crippen LogP contribution in [0, 0.1) is 6.92 Å². The van der Waals surface area contributed by atoms with E-state index in [0.717, 1.165) is 37.2 Å². The number of carbonyl (C=O) groups excluding carboxylic acids is 2. The molecule has 7 nitrogen and oxygen atoms in total. The number of carbonyl (C=O) groups is 2. The Labute approximate surface area is 169 Å². The molecule has 0 radical (unpaired) electrons. The SMILES string of the molecule is CCCCNC(=O)N(NC(=O)OC(C)(C)C)c1ccc(N(CC)CC)cc1C. The normalized spacial score (nSPS) is 11.0. The van der Waals surface area contributed by atoms with E-state index in [2.05, 4.69) is 36.4 Å². The number of nitrogens with one attached hydrogen (secondary N) is 2. The Morgan fingerprint density at radius 1 is 1.11 bits per heavy atom. The molecule has 0 aliphatic rings. The summed E-state index contributed by atoms with van der Waals surface area (Å²) in [6, 6.07) is 5.43. The number of unbranched alkanes of at least 4 members (excludes halogenated alkanes) is 1. The van der Waals surface area contributed by atoms with Gasteiger partial charge in [-0.2, -0.15) is 5.01 Å². The molecule has 3 amide bonds. The summed E-state index contributed by atoms with van der Waals surface area (Å²) >= 11 is 0. The van der Waals surface area contributed by atoms with Crippen LogP contribution in [0.5, 0.6) is 0 Å². The Morgan fingerprint density at radius 2 is 1.75 bits per heavy atom. The first-order valence-electron chi connectivity index (χ1n) is 10.1. The maximum Gasteiger partial charge on any atom is 0.427 e. The van der Waals surface area contributed by atoms with Gasteiger partial charge in [0.2, 0.25) is 0 Å². The van der Waals surface area contributed by atoms with Gasteiger partial charge in [0.05, 0.1) is 5.69 Å².